The molecule has 10 nitrogen and oxygen atoms in total. The first kappa shape index (κ1) is 35.8. The number of hydrogen-bond donors (Lipinski definition) is 4. The molecule has 3 unspecified atom stereocenters. The summed E-state index contributed by atoms with van der Waals surface area (Å²) in [7, 11) is 1.84. The number of para-hydroxylation sites is 1. The van der Waals surface area contributed by atoms with Crippen molar-refractivity contribution in [1.29, 1.82) is 0 Å². The Morgan fingerprint density at radius 1 is 1.02 bits per heavy atom. The SMILES string of the molecule is CCC1=C2CC3(C)CC(ONC)(C2)CC1(CN=C(C)C(=CN)c1ccc(-c2ccc4cccc(C(=O)Nc5nc6ccccc6s5)c4c2)nc1C(=O)O)C3. The number of carbonyl (C=O) groups excluding carboxylic acids is 1. The fraction of sp³-hybridized carbons (Fsp3) is 0.326. The standard InChI is InChI=1S/C43H44N6O4S/c1-5-33-28-18-41(3)21-42(33,23-43(19-28,22-41)53-45-4)24-46-25(2)32(20-44)29-15-16-34(47-37(29)39(51)52)27-14-13-26-9-8-10-30(31(26)17-27)38(50)49-40-48-35-11-6-7-12-36(35)54-40/h6-17,20,45H,5,18-19,21-24,44H2,1-4H3,(H,51,52)(H,48,49,50). The number of thiazole rings is 1. The lowest BCUT2D eigenvalue weighted by atomic mass is 9.44. The second kappa shape index (κ2) is 13.6. The molecule has 54 heavy (non-hydrogen) atoms. The molecule has 0 aliphatic heterocycles. The van der Waals surface area contributed by atoms with Crippen LogP contribution in [-0.4, -0.2) is 51.9 Å². The Kier molecular flexibility index (Phi) is 8.99. The second-order valence-electron chi connectivity index (χ2n) is 15.5. The first-order chi connectivity index (χ1) is 26.0. The van der Waals surface area contributed by atoms with Gasteiger partial charge in [0, 0.05) is 53.2 Å². The van der Waals surface area contributed by atoms with Crippen LogP contribution in [0.15, 0.2) is 95.1 Å². The van der Waals surface area contributed by atoms with Crippen LogP contribution in [0.2, 0.25) is 0 Å². The van der Waals surface area contributed by atoms with Gasteiger partial charge in [0.1, 0.15) is 0 Å². The van der Waals surface area contributed by atoms with E-state index in [1.807, 2.05) is 68.6 Å². The minimum absolute atomic E-state index is 0.122. The summed E-state index contributed by atoms with van der Waals surface area (Å²) < 4.78 is 0.985. The van der Waals surface area contributed by atoms with E-state index in [0.29, 0.717) is 50.7 Å². The average Bonchev–Trinajstić information content (AvgIpc) is 3.55. The molecule has 5 N–H and O–H groups in total. The summed E-state index contributed by atoms with van der Waals surface area (Å²) in [6.45, 7) is 7.09. The van der Waals surface area contributed by atoms with Crippen LogP contribution in [0.25, 0.3) is 37.8 Å². The van der Waals surface area contributed by atoms with E-state index < -0.39 is 5.97 Å². The van der Waals surface area contributed by atoms with E-state index in [1.165, 1.54) is 28.7 Å². The van der Waals surface area contributed by atoms with Gasteiger partial charge in [-0.15, -0.1) is 0 Å². The van der Waals surface area contributed by atoms with E-state index in [9.17, 15) is 14.7 Å². The van der Waals surface area contributed by atoms with E-state index in [-0.39, 0.29) is 28.0 Å². The lowest BCUT2D eigenvalue weighted by molar-refractivity contribution is -0.186. The number of fused-ring (bicyclic) bond motifs is 2. The molecule has 5 aromatic rings. The lowest BCUT2D eigenvalue weighted by Crippen LogP contribution is -2.60. The maximum atomic E-state index is 13.6. The molecular weight excluding hydrogens is 697 g/mol. The number of hydroxylamine groups is 1. The molecule has 2 aromatic heterocycles. The van der Waals surface area contributed by atoms with Gasteiger partial charge < -0.3 is 10.8 Å². The van der Waals surface area contributed by atoms with Crippen LogP contribution in [0.4, 0.5) is 5.13 Å². The molecule has 4 aliphatic rings. The Hall–Kier alpha value is -5.23. The van der Waals surface area contributed by atoms with E-state index in [2.05, 4.69) is 34.6 Å². The number of amides is 1. The van der Waals surface area contributed by atoms with Crippen LogP contribution in [0.1, 0.15) is 85.7 Å². The Balaban J connectivity index is 1.09. The lowest BCUT2D eigenvalue weighted by Gasteiger charge is -2.63. The highest BCUT2D eigenvalue weighted by molar-refractivity contribution is 7.22. The largest absolute Gasteiger partial charge is 0.476 e. The van der Waals surface area contributed by atoms with Crippen molar-refractivity contribution in [3.8, 4) is 11.3 Å². The van der Waals surface area contributed by atoms with Gasteiger partial charge in [-0.05, 0) is 98.0 Å². The van der Waals surface area contributed by atoms with E-state index in [0.717, 1.165) is 54.1 Å². The number of carboxylic acids is 1. The number of carboxylic acid groups (broad SMARTS) is 1. The fourth-order valence-electron chi connectivity index (χ4n) is 10.1. The summed E-state index contributed by atoms with van der Waals surface area (Å²) in [6, 6.07) is 22.5. The molecule has 9 rings (SSSR count). The minimum Gasteiger partial charge on any atom is -0.476 e. The fourth-order valence-corrected chi connectivity index (χ4v) is 10.9. The minimum atomic E-state index is -1.17. The quantitative estimate of drug-likeness (QED) is 0.0596. The predicted octanol–water partition coefficient (Wildman–Crippen LogP) is 8.80. The number of aromatic nitrogens is 2. The molecule has 4 bridgehead atoms. The first-order valence-electron chi connectivity index (χ1n) is 18.4. The van der Waals surface area contributed by atoms with E-state index >= 15 is 0 Å². The number of rotatable bonds is 11. The third-order valence-electron chi connectivity index (χ3n) is 11.6. The van der Waals surface area contributed by atoms with Gasteiger partial charge in [-0.25, -0.2) is 20.2 Å². The zero-order valence-corrected chi connectivity index (χ0v) is 31.8. The van der Waals surface area contributed by atoms with Gasteiger partial charge in [0.05, 0.1) is 21.5 Å². The topological polar surface area (TPSA) is 152 Å². The van der Waals surface area contributed by atoms with E-state index in [1.54, 1.807) is 18.2 Å². The third kappa shape index (κ3) is 6.19. The number of carbonyl (C=O) groups is 2. The monoisotopic (exact) mass is 740 g/mol. The molecule has 2 fully saturated rings. The van der Waals surface area contributed by atoms with Gasteiger partial charge in [0.15, 0.2) is 10.8 Å². The molecule has 2 heterocycles. The molecule has 4 aliphatic carbocycles. The van der Waals surface area contributed by atoms with Crippen molar-refractivity contribution in [1.82, 2.24) is 15.4 Å². The zero-order valence-electron chi connectivity index (χ0n) is 31.0. The second-order valence-corrected chi connectivity index (χ2v) is 16.5. The highest BCUT2D eigenvalue weighted by Gasteiger charge is 2.62. The van der Waals surface area contributed by atoms with Gasteiger partial charge in [-0.2, -0.15) is 0 Å². The van der Waals surface area contributed by atoms with Crippen LogP contribution in [0, 0.1) is 10.8 Å². The van der Waals surface area contributed by atoms with E-state index in [4.69, 9.17) is 15.6 Å². The van der Waals surface area contributed by atoms with Crippen molar-refractivity contribution in [3.63, 3.8) is 0 Å². The Labute approximate surface area is 318 Å². The van der Waals surface area contributed by atoms with Crippen LogP contribution >= 0.6 is 11.3 Å². The summed E-state index contributed by atoms with van der Waals surface area (Å²) in [6.07, 6.45) is 7.45. The van der Waals surface area contributed by atoms with Gasteiger partial charge in [-0.1, -0.05) is 72.7 Å². The normalized spacial score (nSPS) is 23.8. The first-order valence-corrected chi connectivity index (χ1v) is 19.2. The summed E-state index contributed by atoms with van der Waals surface area (Å²) in [5, 5.41) is 15.5. The molecule has 276 valence electrons. The number of hydrogen-bond acceptors (Lipinski definition) is 9. The number of allylic oxidation sites excluding steroid dienone is 1. The number of aromatic carboxylic acids is 1. The number of nitrogens with two attached hydrogens (primary N) is 1. The molecule has 0 saturated heterocycles. The van der Waals surface area contributed by atoms with Crippen LogP contribution in [0.3, 0.4) is 0 Å². The smallest absolute Gasteiger partial charge is 0.355 e. The molecule has 11 heteroatoms. The van der Waals surface area contributed by atoms with Crippen molar-refractivity contribution in [2.45, 2.75) is 64.9 Å². The predicted molar refractivity (Wildman–Crippen MR) is 216 cm³/mol. The molecule has 3 aromatic carbocycles. The van der Waals surface area contributed by atoms with Crippen LogP contribution < -0.4 is 16.5 Å². The Bertz CT molecular complexity index is 2420. The van der Waals surface area contributed by atoms with Crippen molar-refractivity contribution in [3.05, 3.63) is 107 Å². The van der Waals surface area contributed by atoms with Crippen LogP contribution in [0.5, 0.6) is 0 Å². The highest BCUT2D eigenvalue weighted by Crippen LogP contribution is 2.67. The van der Waals surface area contributed by atoms with Crippen LogP contribution in [-0.2, 0) is 4.84 Å². The summed E-state index contributed by atoms with van der Waals surface area (Å²) in [4.78, 5) is 47.0. The molecule has 0 radical (unpaired) electrons. The maximum absolute atomic E-state index is 13.6. The number of anilines is 1. The maximum Gasteiger partial charge on any atom is 0.355 e. The number of nitrogens with one attached hydrogen (secondary N) is 2. The van der Waals surface area contributed by atoms with Gasteiger partial charge in [-0.3, -0.25) is 19.9 Å². The van der Waals surface area contributed by atoms with Crippen molar-refractivity contribution < 1.29 is 19.5 Å². The molecule has 1 amide bonds. The zero-order chi connectivity index (χ0) is 37.8. The Morgan fingerprint density at radius 2 is 1.85 bits per heavy atom. The molecular formula is C43H44N6O4S. The van der Waals surface area contributed by atoms with Gasteiger partial charge >= 0.3 is 5.97 Å². The third-order valence-corrected chi connectivity index (χ3v) is 12.5. The number of nitrogens with zero attached hydrogens (tertiary/aromatic N) is 3. The van der Waals surface area contributed by atoms with Crippen molar-refractivity contribution in [2.24, 2.45) is 21.6 Å². The summed E-state index contributed by atoms with van der Waals surface area (Å²) >= 11 is 1.42. The summed E-state index contributed by atoms with van der Waals surface area (Å²) in [5.74, 6) is -1.46. The van der Waals surface area contributed by atoms with Gasteiger partial charge in [0.25, 0.3) is 5.91 Å². The number of benzene rings is 3. The van der Waals surface area contributed by atoms with Crippen molar-refractivity contribution in [2.75, 3.05) is 18.9 Å². The van der Waals surface area contributed by atoms with Gasteiger partial charge in [0.2, 0.25) is 0 Å². The molecule has 3 atom stereocenters. The molecule has 2 saturated carbocycles. The average molecular weight is 741 g/mol. The molecule has 0 spiro atoms. The Morgan fingerprint density at radius 3 is 2.61 bits per heavy atom. The number of aliphatic imine (C=N–C) groups is 1. The number of pyridine rings is 1. The summed E-state index contributed by atoms with van der Waals surface area (Å²) in [5.41, 5.74) is 15.9. The van der Waals surface area contributed by atoms with Crippen molar-refractivity contribution >= 4 is 60.6 Å². The highest BCUT2D eigenvalue weighted by atomic mass is 32.1.